The number of halogens is 1. The molecule has 1 aromatic carbocycles. The molecule has 0 saturated carbocycles. The molecule has 1 aromatic rings. The first-order chi connectivity index (χ1) is 11.3. The molecule has 0 atom stereocenters. The van der Waals surface area contributed by atoms with E-state index in [2.05, 4.69) is 20.7 Å². The molecule has 0 unspecified atom stereocenters. The molecule has 0 spiro atoms. The van der Waals surface area contributed by atoms with E-state index in [0.717, 1.165) is 4.90 Å². The molecular weight excluding hydrogens is 384 g/mol. The van der Waals surface area contributed by atoms with Gasteiger partial charge in [-0.25, -0.2) is 9.59 Å². The molecule has 0 fully saturated rings. The molecule has 1 amide bonds. The van der Waals surface area contributed by atoms with Gasteiger partial charge < -0.3 is 9.47 Å². The van der Waals surface area contributed by atoms with Gasteiger partial charge in [0.2, 0.25) is 0 Å². The molecule has 8 nitrogen and oxygen atoms in total. The maximum Gasteiger partial charge on any atom is 0.414 e. The van der Waals surface area contributed by atoms with Gasteiger partial charge in [0.15, 0.2) is 0 Å². The van der Waals surface area contributed by atoms with Crippen LogP contribution in [0.1, 0.15) is 19.4 Å². The van der Waals surface area contributed by atoms with Crippen LogP contribution >= 0.6 is 15.9 Å². The number of amides is 1. The van der Waals surface area contributed by atoms with Gasteiger partial charge >= 0.3 is 12.1 Å². The van der Waals surface area contributed by atoms with Crippen molar-refractivity contribution in [2.24, 2.45) is 0 Å². The predicted octanol–water partition coefficient (Wildman–Crippen LogP) is 3.35. The van der Waals surface area contributed by atoms with E-state index in [-0.39, 0.29) is 24.5 Å². The standard InChI is InChI=1S/C15H17BrN2O6/c1-4-17(13(10(2)16)14(19)23-3)15(20)24-9-11-5-7-12(8-6-11)18(21)22/h5-8H,4,9H2,1-3H3/b13-10+. The van der Waals surface area contributed by atoms with Gasteiger partial charge in [-0.2, -0.15) is 0 Å². The van der Waals surface area contributed by atoms with Crippen LogP contribution in [0, 0.1) is 10.1 Å². The first kappa shape index (κ1) is 19.6. The average molecular weight is 401 g/mol. The summed E-state index contributed by atoms with van der Waals surface area (Å²) in [7, 11) is 1.22. The zero-order chi connectivity index (χ0) is 18.3. The fourth-order valence-corrected chi connectivity index (χ4v) is 2.22. The van der Waals surface area contributed by atoms with Gasteiger partial charge in [-0.15, -0.1) is 0 Å². The lowest BCUT2D eigenvalue weighted by Gasteiger charge is -2.22. The van der Waals surface area contributed by atoms with Crippen molar-refractivity contribution in [3.8, 4) is 0 Å². The summed E-state index contributed by atoms with van der Waals surface area (Å²) < 4.78 is 10.3. The van der Waals surface area contributed by atoms with Crippen LogP contribution in [0.4, 0.5) is 10.5 Å². The second-order valence-corrected chi connectivity index (χ2v) is 5.79. The number of carbonyl (C=O) groups excluding carboxylic acids is 2. The van der Waals surface area contributed by atoms with Gasteiger partial charge in [0.1, 0.15) is 12.3 Å². The van der Waals surface area contributed by atoms with Gasteiger partial charge in [0, 0.05) is 23.2 Å². The van der Waals surface area contributed by atoms with Gasteiger partial charge in [0.05, 0.1) is 12.0 Å². The highest BCUT2D eigenvalue weighted by atomic mass is 79.9. The number of esters is 1. The number of ether oxygens (including phenoxy) is 2. The van der Waals surface area contributed by atoms with Crippen LogP contribution < -0.4 is 0 Å². The number of benzene rings is 1. The summed E-state index contributed by atoms with van der Waals surface area (Å²) in [6, 6.07) is 5.63. The van der Waals surface area contributed by atoms with Crippen molar-refractivity contribution >= 4 is 33.7 Å². The highest BCUT2D eigenvalue weighted by molar-refractivity contribution is 9.11. The number of rotatable bonds is 6. The predicted molar refractivity (Wildman–Crippen MR) is 89.3 cm³/mol. The van der Waals surface area contributed by atoms with E-state index in [1.807, 2.05) is 0 Å². The van der Waals surface area contributed by atoms with Crippen molar-refractivity contribution < 1.29 is 24.0 Å². The maximum atomic E-state index is 12.2. The molecule has 0 aromatic heterocycles. The number of hydrogen-bond acceptors (Lipinski definition) is 6. The third-order valence-corrected chi connectivity index (χ3v) is 3.40. The molecule has 0 aliphatic heterocycles. The lowest BCUT2D eigenvalue weighted by molar-refractivity contribution is -0.384. The van der Waals surface area contributed by atoms with E-state index in [1.165, 1.54) is 31.4 Å². The second-order valence-electron chi connectivity index (χ2n) is 4.60. The first-order valence-corrected chi connectivity index (χ1v) is 7.73. The number of allylic oxidation sites excluding steroid dienone is 1. The summed E-state index contributed by atoms with van der Waals surface area (Å²) in [6.45, 7) is 3.42. The Morgan fingerprint density at radius 1 is 1.29 bits per heavy atom. The van der Waals surface area contributed by atoms with Crippen molar-refractivity contribution in [2.45, 2.75) is 20.5 Å². The second kappa shape index (κ2) is 9.02. The lowest BCUT2D eigenvalue weighted by atomic mass is 10.2. The fourth-order valence-electron chi connectivity index (χ4n) is 1.85. The third-order valence-electron chi connectivity index (χ3n) is 3.02. The number of non-ortho nitro benzene ring substituents is 1. The first-order valence-electron chi connectivity index (χ1n) is 6.94. The van der Waals surface area contributed by atoms with E-state index in [0.29, 0.717) is 10.0 Å². The number of methoxy groups -OCH3 is 1. The Morgan fingerprint density at radius 2 is 1.88 bits per heavy atom. The Hall–Kier alpha value is -2.42. The SMILES string of the molecule is CCN(C(=O)OCc1ccc([N+](=O)[O-])cc1)/C(C(=O)OC)=C(\C)Br. The Labute approximate surface area is 147 Å². The topological polar surface area (TPSA) is 99.0 Å². The number of hydrogen-bond donors (Lipinski definition) is 0. The molecule has 1 rings (SSSR count). The third kappa shape index (κ3) is 5.05. The van der Waals surface area contributed by atoms with Crippen molar-refractivity contribution in [3.63, 3.8) is 0 Å². The van der Waals surface area contributed by atoms with Crippen LogP contribution in [0.25, 0.3) is 0 Å². The van der Waals surface area contributed by atoms with Crippen molar-refractivity contribution in [1.29, 1.82) is 0 Å². The van der Waals surface area contributed by atoms with Crippen LogP contribution in [-0.2, 0) is 20.9 Å². The van der Waals surface area contributed by atoms with Gasteiger partial charge in [-0.1, -0.05) is 15.9 Å². The number of nitrogens with zero attached hydrogens (tertiary/aromatic N) is 2. The Kier molecular flexibility index (Phi) is 7.37. The monoisotopic (exact) mass is 400 g/mol. The minimum absolute atomic E-state index is 0.0497. The van der Waals surface area contributed by atoms with Crippen molar-refractivity contribution in [1.82, 2.24) is 4.90 Å². The minimum Gasteiger partial charge on any atom is -0.464 e. The molecule has 0 heterocycles. The van der Waals surface area contributed by atoms with E-state index >= 15 is 0 Å². The highest BCUT2D eigenvalue weighted by Crippen LogP contribution is 2.19. The molecule has 130 valence electrons. The summed E-state index contributed by atoms with van der Waals surface area (Å²) in [5, 5.41) is 10.6. The maximum absolute atomic E-state index is 12.2. The zero-order valence-electron chi connectivity index (χ0n) is 13.4. The lowest BCUT2D eigenvalue weighted by Crippen LogP contribution is -2.35. The van der Waals surface area contributed by atoms with Crippen molar-refractivity contribution in [2.75, 3.05) is 13.7 Å². The van der Waals surface area contributed by atoms with E-state index in [1.54, 1.807) is 13.8 Å². The molecule has 9 heteroatoms. The van der Waals surface area contributed by atoms with E-state index in [9.17, 15) is 19.7 Å². The quantitative estimate of drug-likeness (QED) is 0.314. The molecule has 24 heavy (non-hydrogen) atoms. The largest absolute Gasteiger partial charge is 0.464 e. The number of nitro groups is 1. The zero-order valence-corrected chi connectivity index (χ0v) is 15.0. The Bertz CT molecular complexity index is 652. The van der Waals surface area contributed by atoms with Gasteiger partial charge in [-0.3, -0.25) is 15.0 Å². The summed E-state index contributed by atoms with van der Waals surface area (Å²) >= 11 is 3.18. The molecule has 0 radical (unpaired) electrons. The van der Waals surface area contributed by atoms with Crippen LogP contribution in [0.3, 0.4) is 0 Å². The van der Waals surface area contributed by atoms with Crippen molar-refractivity contribution in [3.05, 3.63) is 50.1 Å². The Morgan fingerprint density at radius 3 is 2.29 bits per heavy atom. The summed E-state index contributed by atoms with van der Waals surface area (Å²) in [6.07, 6.45) is -0.727. The molecule has 0 aliphatic rings. The van der Waals surface area contributed by atoms with Gasteiger partial charge in [0.25, 0.3) is 5.69 Å². The van der Waals surface area contributed by atoms with E-state index in [4.69, 9.17) is 4.74 Å². The van der Waals surface area contributed by atoms with Crippen LogP contribution in [0.2, 0.25) is 0 Å². The minimum atomic E-state index is -0.727. The van der Waals surface area contributed by atoms with E-state index < -0.39 is 17.0 Å². The number of carbonyl (C=O) groups is 2. The van der Waals surface area contributed by atoms with Gasteiger partial charge in [-0.05, 0) is 31.5 Å². The number of nitro benzene ring substituents is 1. The molecule has 0 N–H and O–H groups in total. The normalized spacial score (nSPS) is 11.3. The van der Waals surface area contributed by atoms with Crippen LogP contribution in [0.5, 0.6) is 0 Å². The summed E-state index contributed by atoms with van der Waals surface area (Å²) in [5.74, 6) is -0.668. The summed E-state index contributed by atoms with van der Waals surface area (Å²) in [5.41, 5.74) is 0.587. The summed E-state index contributed by atoms with van der Waals surface area (Å²) in [4.78, 5) is 35.3. The molecule has 0 bridgehead atoms. The Balaban J connectivity index is 2.82. The average Bonchev–Trinajstić information content (AvgIpc) is 2.56. The molecule has 0 aliphatic carbocycles. The highest BCUT2D eigenvalue weighted by Gasteiger charge is 2.26. The molecular formula is C15H17BrN2O6. The smallest absolute Gasteiger partial charge is 0.414 e. The number of likely N-dealkylation sites (N-methyl/N-ethyl adjacent to an activating group) is 1. The fraction of sp³-hybridized carbons (Fsp3) is 0.333. The molecule has 0 saturated heterocycles. The van der Waals surface area contributed by atoms with Crippen LogP contribution in [0.15, 0.2) is 34.4 Å². The van der Waals surface area contributed by atoms with Crippen LogP contribution in [-0.4, -0.2) is 35.5 Å².